The Kier molecular flexibility index (Phi) is 7.70. The van der Waals surface area contributed by atoms with E-state index in [-0.39, 0.29) is 17.7 Å². The molecule has 7 nitrogen and oxygen atoms in total. The van der Waals surface area contributed by atoms with Gasteiger partial charge in [-0.05, 0) is 57.2 Å². The molecule has 2 aromatic rings. The number of rotatable bonds is 6. The Morgan fingerprint density at radius 3 is 2.58 bits per heavy atom. The molecule has 33 heavy (non-hydrogen) atoms. The molecule has 0 aliphatic carbocycles. The van der Waals surface area contributed by atoms with Gasteiger partial charge < -0.3 is 10.2 Å². The highest BCUT2D eigenvalue weighted by Gasteiger charge is 2.28. The minimum Gasteiger partial charge on any atom is -0.348 e. The first-order chi connectivity index (χ1) is 16.0. The van der Waals surface area contributed by atoms with Gasteiger partial charge in [0.25, 0.3) is 5.91 Å². The molecule has 1 N–H and O–H groups in total. The van der Waals surface area contributed by atoms with E-state index in [2.05, 4.69) is 27.1 Å². The minimum absolute atomic E-state index is 0.115. The minimum atomic E-state index is -0.167. The van der Waals surface area contributed by atoms with Crippen LogP contribution in [0.1, 0.15) is 66.0 Å². The number of hydrogen-bond donors (Lipinski definition) is 1. The lowest BCUT2D eigenvalue weighted by Gasteiger charge is -2.35. The summed E-state index contributed by atoms with van der Waals surface area (Å²) in [4.78, 5) is 39.0. The topological polar surface area (TPSA) is 78.4 Å². The van der Waals surface area contributed by atoms with E-state index in [1.807, 2.05) is 42.2 Å². The number of aromatic nitrogens is 2. The van der Waals surface area contributed by atoms with E-state index in [0.717, 1.165) is 49.8 Å². The lowest BCUT2D eigenvalue weighted by molar-refractivity contribution is -0.134. The molecule has 1 aromatic heterocycles. The Balaban J connectivity index is 1.34. The quantitative estimate of drug-likeness (QED) is 0.733. The molecule has 4 rings (SSSR count). The highest BCUT2D eigenvalue weighted by atomic mass is 16.2. The third-order valence-electron chi connectivity index (χ3n) is 6.91. The van der Waals surface area contributed by atoms with Crippen LogP contribution in [0.3, 0.4) is 0 Å². The van der Waals surface area contributed by atoms with Gasteiger partial charge in [0.05, 0.1) is 17.8 Å². The Labute approximate surface area is 196 Å². The highest BCUT2D eigenvalue weighted by Crippen LogP contribution is 2.25. The van der Waals surface area contributed by atoms with E-state index < -0.39 is 0 Å². The van der Waals surface area contributed by atoms with Gasteiger partial charge in [0.2, 0.25) is 5.91 Å². The monoisotopic (exact) mass is 449 g/mol. The first kappa shape index (κ1) is 23.4. The molecule has 3 heterocycles. The zero-order chi connectivity index (χ0) is 23.2. The first-order valence-electron chi connectivity index (χ1n) is 12.2. The summed E-state index contributed by atoms with van der Waals surface area (Å²) < 4.78 is 0. The molecule has 2 fully saturated rings. The molecule has 0 bridgehead atoms. The van der Waals surface area contributed by atoms with Crippen molar-refractivity contribution in [2.45, 2.75) is 52.0 Å². The SMILES string of the molecule is Cc1nc(C2CCCN(C(=O)CN3CCC(C)CC3)C2)ncc1C(=O)NCc1ccccc1. The summed E-state index contributed by atoms with van der Waals surface area (Å²) in [6, 6.07) is 9.82. The van der Waals surface area contributed by atoms with Crippen molar-refractivity contribution in [3.63, 3.8) is 0 Å². The number of likely N-dealkylation sites (tertiary alicyclic amines) is 2. The molecular formula is C26H35N5O2. The largest absolute Gasteiger partial charge is 0.348 e. The van der Waals surface area contributed by atoms with Gasteiger partial charge in [-0.25, -0.2) is 9.97 Å². The molecule has 2 aliphatic rings. The molecule has 2 aliphatic heterocycles. The zero-order valence-corrected chi connectivity index (χ0v) is 19.8. The number of aryl methyl sites for hydroxylation is 1. The van der Waals surface area contributed by atoms with Gasteiger partial charge in [0.15, 0.2) is 0 Å². The van der Waals surface area contributed by atoms with Crippen LogP contribution in [0.5, 0.6) is 0 Å². The van der Waals surface area contributed by atoms with Gasteiger partial charge in [-0.15, -0.1) is 0 Å². The van der Waals surface area contributed by atoms with E-state index >= 15 is 0 Å². The number of carbonyl (C=O) groups excluding carboxylic acids is 2. The van der Waals surface area contributed by atoms with Crippen LogP contribution in [0.25, 0.3) is 0 Å². The van der Waals surface area contributed by atoms with Gasteiger partial charge in [0.1, 0.15) is 5.82 Å². The second kappa shape index (κ2) is 10.9. The summed E-state index contributed by atoms with van der Waals surface area (Å²) in [6.45, 7) is 8.61. The molecule has 7 heteroatoms. The van der Waals surface area contributed by atoms with Crippen LogP contribution >= 0.6 is 0 Å². The van der Waals surface area contributed by atoms with Crippen LogP contribution in [0, 0.1) is 12.8 Å². The maximum atomic E-state index is 12.9. The first-order valence-corrected chi connectivity index (χ1v) is 12.2. The fourth-order valence-corrected chi connectivity index (χ4v) is 4.70. The molecule has 2 saturated heterocycles. The fourth-order valence-electron chi connectivity index (χ4n) is 4.70. The predicted molar refractivity (Wildman–Crippen MR) is 128 cm³/mol. The molecule has 0 radical (unpaired) electrons. The van der Waals surface area contributed by atoms with E-state index in [4.69, 9.17) is 0 Å². The number of amides is 2. The fraction of sp³-hybridized carbons (Fsp3) is 0.538. The zero-order valence-electron chi connectivity index (χ0n) is 19.8. The molecule has 0 spiro atoms. The molecule has 0 saturated carbocycles. The van der Waals surface area contributed by atoms with Crippen LogP contribution < -0.4 is 5.32 Å². The van der Waals surface area contributed by atoms with Gasteiger partial charge in [-0.3, -0.25) is 14.5 Å². The van der Waals surface area contributed by atoms with Crippen LogP contribution in [-0.2, 0) is 11.3 Å². The van der Waals surface area contributed by atoms with Crippen LogP contribution in [0.4, 0.5) is 0 Å². The van der Waals surface area contributed by atoms with Crippen LogP contribution in [-0.4, -0.2) is 64.3 Å². The Morgan fingerprint density at radius 2 is 1.85 bits per heavy atom. The number of benzene rings is 1. The van der Waals surface area contributed by atoms with E-state index in [1.54, 1.807) is 6.20 Å². The van der Waals surface area contributed by atoms with Crippen molar-refractivity contribution < 1.29 is 9.59 Å². The Morgan fingerprint density at radius 1 is 1.09 bits per heavy atom. The third-order valence-corrected chi connectivity index (χ3v) is 6.91. The highest BCUT2D eigenvalue weighted by molar-refractivity contribution is 5.94. The smallest absolute Gasteiger partial charge is 0.254 e. The van der Waals surface area contributed by atoms with Crippen molar-refractivity contribution >= 4 is 11.8 Å². The standard InChI is InChI=1S/C26H35N5O2/c1-19-10-13-30(14-11-19)18-24(32)31-12-6-9-22(17-31)25-27-16-23(20(2)29-25)26(33)28-15-21-7-4-3-5-8-21/h3-5,7-8,16,19,22H,6,9-15,17-18H2,1-2H3,(H,28,33). The molecule has 1 unspecified atom stereocenters. The molecule has 1 atom stereocenters. The number of nitrogens with one attached hydrogen (secondary N) is 1. The van der Waals surface area contributed by atoms with Crippen LogP contribution in [0.2, 0.25) is 0 Å². The lowest BCUT2D eigenvalue weighted by Crippen LogP contribution is -2.46. The summed E-state index contributed by atoms with van der Waals surface area (Å²) in [5, 5.41) is 2.94. The van der Waals surface area contributed by atoms with Gasteiger partial charge in [0, 0.05) is 31.7 Å². The Hall–Kier alpha value is -2.80. The molecular weight excluding hydrogens is 414 g/mol. The normalized spacial score (nSPS) is 19.9. The predicted octanol–water partition coefficient (Wildman–Crippen LogP) is 3.15. The summed E-state index contributed by atoms with van der Waals surface area (Å²) in [5.74, 6) is 1.65. The van der Waals surface area contributed by atoms with Crippen molar-refractivity contribution in [2.75, 3.05) is 32.7 Å². The van der Waals surface area contributed by atoms with Crippen LogP contribution in [0.15, 0.2) is 36.5 Å². The number of piperidine rings is 2. The maximum Gasteiger partial charge on any atom is 0.254 e. The molecule has 1 aromatic carbocycles. The van der Waals surface area contributed by atoms with Crippen molar-refractivity contribution in [1.82, 2.24) is 25.1 Å². The summed E-state index contributed by atoms with van der Waals surface area (Å²) in [7, 11) is 0. The summed E-state index contributed by atoms with van der Waals surface area (Å²) >= 11 is 0. The average Bonchev–Trinajstić information content (AvgIpc) is 2.84. The number of carbonyl (C=O) groups is 2. The molecule has 2 amide bonds. The summed E-state index contributed by atoms with van der Waals surface area (Å²) in [6.07, 6.45) is 5.90. The van der Waals surface area contributed by atoms with Gasteiger partial charge >= 0.3 is 0 Å². The number of hydrogen-bond acceptors (Lipinski definition) is 5. The van der Waals surface area contributed by atoms with Gasteiger partial charge in [-0.1, -0.05) is 37.3 Å². The van der Waals surface area contributed by atoms with E-state index in [1.165, 1.54) is 12.8 Å². The number of nitrogens with zero attached hydrogens (tertiary/aromatic N) is 4. The second-order valence-electron chi connectivity index (χ2n) is 9.53. The van der Waals surface area contributed by atoms with E-state index in [9.17, 15) is 9.59 Å². The van der Waals surface area contributed by atoms with Crippen molar-refractivity contribution in [1.29, 1.82) is 0 Å². The third kappa shape index (κ3) is 6.16. The van der Waals surface area contributed by atoms with Crippen molar-refractivity contribution in [3.8, 4) is 0 Å². The van der Waals surface area contributed by atoms with Gasteiger partial charge in [-0.2, -0.15) is 0 Å². The lowest BCUT2D eigenvalue weighted by atomic mass is 9.96. The van der Waals surface area contributed by atoms with E-state index in [0.29, 0.717) is 30.9 Å². The summed E-state index contributed by atoms with van der Waals surface area (Å²) in [5.41, 5.74) is 2.22. The second-order valence-corrected chi connectivity index (χ2v) is 9.53. The average molecular weight is 450 g/mol. The van der Waals surface area contributed by atoms with Crippen molar-refractivity contribution in [3.05, 3.63) is 59.2 Å². The maximum absolute atomic E-state index is 12.9. The van der Waals surface area contributed by atoms with Crippen molar-refractivity contribution in [2.24, 2.45) is 5.92 Å². The molecule has 176 valence electrons. The Bertz CT molecular complexity index is 956.